The number of aromatic nitrogens is 8. The molecule has 9 aromatic heterocycles. The van der Waals surface area contributed by atoms with Crippen molar-refractivity contribution in [1.82, 2.24) is 17.6 Å². The maximum absolute atomic E-state index is 2.58. The van der Waals surface area contributed by atoms with Crippen molar-refractivity contribution >= 4 is 75.8 Å². The van der Waals surface area contributed by atoms with Crippen LogP contribution in [0.4, 0.5) is 0 Å². The van der Waals surface area contributed by atoms with Crippen molar-refractivity contribution in [2.75, 3.05) is 0 Å². The van der Waals surface area contributed by atoms with E-state index < -0.39 is 0 Å². The minimum atomic E-state index is -0.0810. The van der Waals surface area contributed by atoms with Crippen LogP contribution in [0.25, 0.3) is 109 Å². The van der Waals surface area contributed by atoms with Crippen molar-refractivity contribution < 1.29 is 18.3 Å². The Morgan fingerprint density at radius 1 is 0.271 bits per heavy atom. The highest BCUT2D eigenvalue weighted by atomic mass is 32.1. The third kappa shape index (κ3) is 8.95. The molecule has 0 spiro atoms. The van der Waals surface area contributed by atoms with E-state index in [1.165, 1.54) is 244 Å². The number of hydrogen-bond donors (Lipinski definition) is 0. The zero-order valence-electron chi connectivity index (χ0n) is 68.7. The van der Waals surface area contributed by atoms with E-state index >= 15 is 0 Å². The van der Waals surface area contributed by atoms with E-state index in [-0.39, 0.29) is 22.2 Å². The second kappa shape index (κ2) is 23.3. The van der Waals surface area contributed by atoms with Gasteiger partial charge < -0.3 is 0 Å². The fourth-order valence-electron chi connectivity index (χ4n) is 21.2. The van der Waals surface area contributed by atoms with Gasteiger partial charge in [-0.2, -0.15) is 17.6 Å². The molecule has 107 heavy (non-hydrogen) atoms. The first-order valence-electron chi connectivity index (χ1n) is 38.8. The molecule has 8 nitrogen and oxygen atoms in total. The molecule has 0 saturated heterocycles. The summed E-state index contributed by atoms with van der Waals surface area (Å²) in [7, 11) is 0. The molecule has 0 N–H and O–H groups in total. The molecule has 0 amide bonds. The van der Waals surface area contributed by atoms with Crippen molar-refractivity contribution in [1.29, 1.82) is 0 Å². The average Bonchev–Trinajstić information content (AvgIpc) is 1.55. The lowest BCUT2D eigenvalue weighted by Crippen LogP contribution is -2.51. The van der Waals surface area contributed by atoms with Crippen LogP contribution in [-0.4, -0.2) is 17.6 Å². The molecule has 540 valence electrons. The lowest BCUT2D eigenvalue weighted by Gasteiger charge is -2.20. The molecule has 0 unspecified atom stereocenters. The standard InChI is InChI=1S/3C25H27N2.C23H25N2S/c1-14-15(2)17(4)26-23(16(14)3)18(5)27-24(26)21-12-19-10-8-9-11-20(19)13-22(21)25(27,6)7;1-14-15(2)17(4)26-23(16(14)3)18(5)27-24(26)22-20-11-9-8-10-19(20)12-13-21(22)25(27,6)7;1-14-15(2)17(4)26-23(16(14)3)18(5)27-24(26)21-13-12-19-10-8-9-11-20(19)22(21)25(27,6)7;1-12-13(2)15(4)24-20(14(12)3)16(5)25-22(24)21-19(23(25,6)7)17-10-8-9-11-18(17)26-21/h3*8-13H,1-7H3;8-11H,1-7H3/q4*+1. The molecule has 13 heterocycles. The van der Waals surface area contributed by atoms with Crippen LogP contribution in [0, 0.1) is 138 Å². The summed E-state index contributed by atoms with van der Waals surface area (Å²) in [6.07, 6.45) is 0. The number of fused-ring (bicyclic) bond motifs is 27. The van der Waals surface area contributed by atoms with Gasteiger partial charge >= 0.3 is 5.82 Å². The van der Waals surface area contributed by atoms with E-state index in [2.05, 4.69) is 363 Å². The molecule has 7 aromatic carbocycles. The number of rotatable bonds is 0. The summed E-state index contributed by atoms with van der Waals surface area (Å²) in [6.45, 7) is 64.3. The molecular formula is C98H106N8S+4. The van der Waals surface area contributed by atoms with E-state index in [1.807, 2.05) is 11.3 Å². The van der Waals surface area contributed by atoms with Gasteiger partial charge in [0.2, 0.25) is 0 Å². The van der Waals surface area contributed by atoms with Crippen molar-refractivity contribution in [3.8, 4) is 44.9 Å². The maximum Gasteiger partial charge on any atom is 0.305 e. The Hall–Kier alpha value is -9.96. The van der Waals surface area contributed by atoms with Crippen LogP contribution in [-0.2, 0) is 22.2 Å². The monoisotopic (exact) mass is 1430 g/mol. The molecular weight excluding hydrogens is 1320 g/mol. The summed E-state index contributed by atoms with van der Waals surface area (Å²) in [5, 5.41) is 9.40. The summed E-state index contributed by atoms with van der Waals surface area (Å²) in [6, 6.07) is 49.2. The highest BCUT2D eigenvalue weighted by molar-refractivity contribution is 7.22. The minimum absolute atomic E-state index is 0.0406. The van der Waals surface area contributed by atoms with Gasteiger partial charge in [-0.05, 0) is 267 Å². The molecule has 0 saturated carbocycles. The zero-order chi connectivity index (χ0) is 76.3. The Kier molecular flexibility index (Phi) is 15.2. The molecule has 4 aliphatic heterocycles. The SMILES string of the molecule is Cc1c(C)c(C)n2c3[n+](c(C)c2c1C)C(C)(C)c1c-3ccc2ccccc12.Cc1c(C)c(C)n2c3[n+](c(C)c2c1C)C(C)(C)c1c-3sc2ccccc12.Cc1c(C)c(C)n2c3[n+](c(C)c2c1C)C(C)(C)c1cc2ccccc2cc1-3.Cc1c(C)c(C)n2c3[n+](c(C)c2c1C)C(C)(C)c1ccc2ccccc2c1-3. The van der Waals surface area contributed by atoms with Gasteiger partial charge in [0, 0.05) is 82.3 Å². The van der Waals surface area contributed by atoms with Gasteiger partial charge in [-0.25, -0.2) is 18.3 Å². The molecule has 0 bridgehead atoms. The van der Waals surface area contributed by atoms with E-state index in [0.29, 0.717) is 0 Å². The first-order valence-corrected chi connectivity index (χ1v) is 39.6. The molecule has 0 radical (unpaired) electrons. The normalized spacial score (nSPS) is 14.8. The largest absolute Gasteiger partial charge is 0.305 e. The van der Waals surface area contributed by atoms with Crippen LogP contribution in [0.5, 0.6) is 0 Å². The summed E-state index contributed by atoms with van der Waals surface area (Å²) in [5.41, 5.74) is 42.9. The fraction of sp³-hybridized carbons (Fsp3) is 0.327. The topological polar surface area (TPSA) is 33.2 Å². The van der Waals surface area contributed by atoms with Gasteiger partial charge in [0.25, 0.3) is 17.5 Å². The Balaban J connectivity index is 0.000000105. The van der Waals surface area contributed by atoms with Crippen LogP contribution in [0.15, 0.2) is 133 Å². The van der Waals surface area contributed by atoms with Gasteiger partial charge in [0.15, 0.2) is 22.1 Å². The Labute approximate surface area is 636 Å². The van der Waals surface area contributed by atoms with Crippen molar-refractivity contribution in [2.24, 2.45) is 0 Å². The molecule has 0 atom stereocenters. The van der Waals surface area contributed by atoms with Crippen LogP contribution >= 0.6 is 11.3 Å². The fourth-order valence-corrected chi connectivity index (χ4v) is 22.6. The van der Waals surface area contributed by atoms with Crippen molar-refractivity contribution in [3.05, 3.63) is 268 Å². The lowest BCUT2D eigenvalue weighted by molar-refractivity contribution is -0.735. The van der Waals surface area contributed by atoms with Crippen LogP contribution in [0.2, 0.25) is 0 Å². The average molecular weight is 1430 g/mol. The Bertz CT molecular complexity index is 6640. The number of aryl methyl sites for hydroxylation is 12. The van der Waals surface area contributed by atoms with Gasteiger partial charge in [0.05, 0.1) is 16.7 Å². The Morgan fingerprint density at radius 3 is 1.11 bits per heavy atom. The number of thiophene rings is 1. The third-order valence-corrected chi connectivity index (χ3v) is 28.9. The van der Waals surface area contributed by atoms with Gasteiger partial charge in [0.1, 0.15) is 72.6 Å². The van der Waals surface area contributed by atoms with Crippen LogP contribution < -0.4 is 18.3 Å². The van der Waals surface area contributed by atoms with E-state index in [1.54, 1.807) is 0 Å². The number of imidazole rings is 4. The summed E-state index contributed by atoms with van der Waals surface area (Å²) in [4.78, 5) is 1.44. The summed E-state index contributed by atoms with van der Waals surface area (Å²) in [5.74, 6) is 5.36. The predicted molar refractivity (Wildman–Crippen MR) is 448 cm³/mol. The van der Waals surface area contributed by atoms with Crippen molar-refractivity contribution in [3.63, 3.8) is 0 Å². The molecule has 0 fully saturated rings. The second-order valence-electron chi connectivity index (χ2n) is 34.3. The van der Waals surface area contributed by atoms with Gasteiger partial charge in [-0.3, -0.25) is 0 Å². The number of nitrogens with zero attached hydrogens (tertiary/aromatic N) is 8. The third-order valence-electron chi connectivity index (χ3n) is 27.8. The summed E-state index contributed by atoms with van der Waals surface area (Å²) < 4.78 is 21.7. The van der Waals surface area contributed by atoms with E-state index in [9.17, 15) is 0 Å². The first-order chi connectivity index (χ1) is 50.5. The highest BCUT2D eigenvalue weighted by Crippen LogP contribution is 2.52. The van der Waals surface area contributed by atoms with Crippen LogP contribution in [0.1, 0.15) is 190 Å². The van der Waals surface area contributed by atoms with E-state index in [0.717, 1.165) is 0 Å². The smallest absolute Gasteiger partial charge is 0.217 e. The quantitative estimate of drug-likeness (QED) is 0.136. The molecule has 20 rings (SSSR count). The summed E-state index contributed by atoms with van der Waals surface area (Å²) >= 11 is 1.94. The zero-order valence-corrected chi connectivity index (χ0v) is 69.5. The number of benzene rings is 7. The Morgan fingerprint density at radius 2 is 0.617 bits per heavy atom. The highest BCUT2D eigenvalue weighted by Gasteiger charge is 2.53. The van der Waals surface area contributed by atoms with Crippen LogP contribution in [0.3, 0.4) is 0 Å². The maximum atomic E-state index is 2.58. The molecule has 16 aromatic rings. The number of pyridine rings is 4. The van der Waals surface area contributed by atoms with Gasteiger partial charge in [-0.15, -0.1) is 11.3 Å². The minimum Gasteiger partial charge on any atom is -0.217 e. The van der Waals surface area contributed by atoms with E-state index in [4.69, 9.17) is 0 Å². The predicted octanol–water partition coefficient (Wildman–Crippen LogP) is 22.8. The molecule has 9 heteroatoms. The number of hydrogen-bond acceptors (Lipinski definition) is 1. The first kappa shape index (κ1) is 70.0. The second-order valence-corrected chi connectivity index (χ2v) is 35.3. The molecule has 0 aliphatic carbocycles. The molecule has 4 aliphatic rings. The van der Waals surface area contributed by atoms with Crippen molar-refractivity contribution in [2.45, 2.75) is 216 Å². The lowest BCUT2D eigenvalue weighted by atomic mass is 9.88. The van der Waals surface area contributed by atoms with Gasteiger partial charge in [-0.1, -0.05) is 109 Å².